The minimum atomic E-state index is 0.0103. The number of aromatic amines is 1. The Morgan fingerprint density at radius 2 is 2.00 bits per heavy atom. The highest BCUT2D eigenvalue weighted by Crippen LogP contribution is 2.28. The van der Waals surface area contributed by atoms with Gasteiger partial charge in [0.05, 0.1) is 18.5 Å². The first-order chi connectivity index (χ1) is 13.8. The van der Waals surface area contributed by atoms with E-state index in [0.717, 1.165) is 30.3 Å². The number of amides is 1. The molecular weight excluding hydrogens is 372 g/mol. The van der Waals surface area contributed by atoms with Gasteiger partial charge in [-0.25, -0.2) is 5.10 Å². The predicted octanol–water partition coefficient (Wildman–Crippen LogP) is 2.22. The first kappa shape index (κ1) is 20.5. The van der Waals surface area contributed by atoms with E-state index in [4.69, 9.17) is 10.1 Å². The van der Waals surface area contributed by atoms with E-state index in [0.29, 0.717) is 30.8 Å². The molecule has 9 nitrogen and oxygen atoms in total. The molecule has 2 aromatic rings. The number of aromatic hydroxyl groups is 1. The standard InChI is InChI=1S/C20H28N6O3/c1-5-18(28)24-6-8-25(9-7-24)20-22-26(23-20)14(3)11-16(21)19-13(2)10-15(29-4)12-17(19)27/h10-12,21,27H,5-9H2,1-4H3,(H,22,23)/b14-11-,21-16?. The van der Waals surface area contributed by atoms with Gasteiger partial charge in [0.1, 0.15) is 11.5 Å². The number of nitrogens with one attached hydrogen (secondary N) is 2. The van der Waals surface area contributed by atoms with Gasteiger partial charge >= 0.3 is 0 Å². The highest BCUT2D eigenvalue weighted by Gasteiger charge is 2.23. The number of phenols is 1. The van der Waals surface area contributed by atoms with Crippen LogP contribution in [-0.2, 0) is 4.79 Å². The summed E-state index contributed by atoms with van der Waals surface area (Å²) in [5.41, 5.74) is 2.15. The summed E-state index contributed by atoms with van der Waals surface area (Å²) in [6, 6.07) is 3.29. The molecule has 1 aromatic heterocycles. The second-order valence-corrected chi connectivity index (χ2v) is 7.11. The van der Waals surface area contributed by atoms with Crippen molar-refractivity contribution < 1.29 is 14.6 Å². The monoisotopic (exact) mass is 400 g/mol. The molecule has 3 rings (SSSR count). The molecular formula is C20H28N6O3. The Morgan fingerprint density at radius 1 is 1.34 bits per heavy atom. The molecule has 1 aliphatic heterocycles. The van der Waals surface area contributed by atoms with Gasteiger partial charge in [0.2, 0.25) is 11.9 Å². The van der Waals surface area contributed by atoms with E-state index in [1.165, 1.54) is 13.2 Å². The number of hydrogen-bond donors (Lipinski definition) is 3. The van der Waals surface area contributed by atoms with E-state index >= 15 is 0 Å². The minimum Gasteiger partial charge on any atom is -0.507 e. The number of hydrogen-bond acceptors (Lipinski definition) is 6. The SMILES string of the molecule is CCC(=O)N1CCN(c2nn(/C(C)=C\C(=N)c3c(C)cc(OC)cc3O)[nH]2)CC1. The van der Waals surface area contributed by atoms with Crippen LogP contribution in [0, 0.1) is 12.3 Å². The number of aryl methyl sites for hydroxylation is 1. The summed E-state index contributed by atoms with van der Waals surface area (Å²) in [6.07, 6.45) is 2.19. The molecule has 0 spiro atoms. The van der Waals surface area contributed by atoms with Crippen LogP contribution in [0.15, 0.2) is 18.2 Å². The summed E-state index contributed by atoms with van der Waals surface area (Å²) in [5, 5.41) is 26.2. The van der Waals surface area contributed by atoms with Gasteiger partial charge in [0.15, 0.2) is 0 Å². The summed E-state index contributed by atoms with van der Waals surface area (Å²) in [4.78, 5) is 17.4. The van der Waals surface area contributed by atoms with Crippen LogP contribution in [0.25, 0.3) is 5.70 Å². The molecule has 0 radical (unpaired) electrons. The number of allylic oxidation sites excluding steroid dienone is 2. The van der Waals surface area contributed by atoms with Crippen molar-refractivity contribution in [2.24, 2.45) is 0 Å². The second kappa shape index (κ2) is 8.42. The number of carbonyl (C=O) groups excluding carboxylic acids is 1. The van der Waals surface area contributed by atoms with Crippen molar-refractivity contribution in [2.75, 3.05) is 38.2 Å². The predicted molar refractivity (Wildman–Crippen MR) is 112 cm³/mol. The van der Waals surface area contributed by atoms with Gasteiger partial charge < -0.3 is 25.1 Å². The summed E-state index contributed by atoms with van der Waals surface area (Å²) < 4.78 is 5.14. The van der Waals surface area contributed by atoms with Gasteiger partial charge in [-0.2, -0.15) is 4.80 Å². The highest BCUT2D eigenvalue weighted by molar-refractivity contribution is 6.11. The molecule has 3 N–H and O–H groups in total. The number of phenolic OH excluding ortho intramolecular Hbond substituents is 1. The van der Waals surface area contributed by atoms with Gasteiger partial charge in [0, 0.05) is 44.2 Å². The Labute approximate surface area is 170 Å². The van der Waals surface area contributed by atoms with E-state index in [1.54, 1.807) is 16.9 Å². The van der Waals surface area contributed by atoms with E-state index < -0.39 is 0 Å². The number of nitrogens with zero attached hydrogens (tertiary/aromatic N) is 4. The maximum atomic E-state index is 11.8. The Morgan fingerprint density at radius 3 is 2.55 bits per heavy atom. The molecule has 1 aliphatic rings. The molecule has 1 fully saturated rings. The van der Waals surface area contributed by atoms with Crippen molar-refractivity contribution >= 4 is 23.3 Å². The lowest BCUT2D eigenvalue weighted by molar-refractivity contribution is -0.131. The number of H-pyrrole nitrogens is 1. The fourth-order valence-corrected chi connectivity index (χ4v) is 3.43. The molecule has 0 atom stereocenters. The van der Waals surface area contributed by atoms with Crippen LogP contribution in [0.2, 0.25) is 0 Å². The summed E-state index contributed by atoms with van der Waals surface area (Å²) in [5.74, 6) is 1.51. The summed E-state index contributed by atoms with van der Waals surface area (Å²) in [7, 11) is 1.54. The van der Waals surface area contributed by atoms with Crippen molar-refractivity contribution in [2.45, 2.75) is 27.2 Å². The van der Waals surface area contributed by atoms with E-state index in [-0.39, 0.29) is 17.4 Å². The van der Waals surface area contributed by atoms with Gasteiger partial charge in [-0.15, -0.1) is 5.10 Å². The van der Waals surface area contributed by atoms with Crippen LogP contribution in [0.3, 0.4) is 0 Å². The molecule has 0 bridgehead atoms. The van der Waals surface area contributed by atoms with Crippen molar-refractivity contribution in [1.82, 2.24) is 19.9 Å². The zero-order chi connectivity index (χ0) is 21.1. The van der Waals surface area contributed by atoms with Gasteiger partial charge in [-0.1, -0.05) is 6.92 Å². The zero-order valence-electron chi connectivity index (χ0n) is 17.3. The van der Waals surface area contributed by atoms with Crippen LogP contribution in [-0.4, -0.2) is 69.9 Å². The lowest BCUT2D eigenvalue weighted by Crippen LogP contribution is -2.50. The Bertz CT molecular complexity index is 899. The van der Waals surface area contributed by atoms with Crippen molar-refractivity contribution in [3.63, 3.8) is 0 Å². The Hall–Kier alpha value is -3.23. The number of carbonyl (C=O) groups is 1. The van der Waals surface area contributed by atoms with Crippen molar-refractivity contribution in [1.29, 1.82) is 5.41 Å². The topological polar surface area (TPSA) is 110 Å². The third kappa shape index (κ3) is 4.28. The van der Waals surface area contributed by atoms with Crippen molar-refractivity contribution in [3.8, 4) is 11.5 Å². The van der Waals surface area contributed by atoms with Crippen LogP contribution >= 0.6 is 0 Å². The maximum Gasteiger partial charge on any atom is 0.239 e. The summed E-state index contributed by atoms with van der Waals surface area (Å²) >= 11 is 0. The molecule has 1 saturated heterocycles. The van der Waals surface area contributed by atoms with Gasteiger partial charge in [-0.05, 0) is 31.6 Å². The van der Waals surface area contributed by atoms with E-state index in [1.807, 2.05) is 25.7 Å². The Balaban J connectivity index is 1.66. The molecule has 9 heteroatoms. The fraction of sp³-hybridized carbons (Fsp3) is 0.450. The summed E-state index contributed by atoms with van der Waals surface area (Å²) in [6.45, 7) is 8.42. The molecule has 1 aromatic carbocycles. The normalized spacial score (nSPS) is 15.0. The number of aromatic nitrogens is 3. The third-order valence-corrected chi connectivity index (χ3v) is 5.12. The largest absolute Gasteiger partial charge is 0.507 e. The van der Waals surface area contributed by atoms with Crippen molar-refractivity contribution in [3.05, 3.63) is 29.3 Å². The lowest BCUT2D eigenvalue weighted by atomic mass is 10.0. The molecule has 1 amide bonds. The maximum absolute atomic E-state index is 11.8. The number of anilines is 1. The molecule has 0 aliphatic carbocycles. The minimum absolute atomic E-state index is 0.0103. The lowest BCUT2D eigenvalue weighted by Gasteiger charge is -2.36. The smallest absolute Gasteiger partial charge is 0.239 e. The third-order valence-electron chi connectivity index (χ3n) is 5.12. The molecule has 2 heterocycles. The van der Waals surface area contributed by atoms with E-state index in [9.17, 15) is 9.90 Å². The van der Waals surface area contributed by atoms with Gasteiger partial charge in [-0.3, -0.25) is 4.79 Å². The molecule has 29 heavy (non-hydrogen) atoms. The molecule has 156 valence electrons. The molecule has 0 saturated carbocycles. The fourth-order valence-electron chi connectivity index (χ4n) is 3.43. The number of rotatable bonds is 6. The van der Waals surface area contributed by atoms with Crippen LogP contribution in [0.1, 0.15) is 31.4 Å². The quantitative estimate of drug-likeness (QED) is 0.644. The van der Waals surface area contributed by atoms with Gasteiger partial charge in [0.25, 0.3) is 0 Å². The number of piperazine rings is 1. The highest BCUT2D eigenvalue weighted by atomic mass is 16.5. The number of ether oxygens (including phenoxy) is 1. The first-order valence-corrected chi connectivity index (χ1v) is 9.67. The number of methoxy groups -OCH3 is 1. The van der Waals surface area contributed by atoms with E-state index in [2.05, 4.69) is 15.1 Å². The second-order valence-electron chi connectivity index (χ2n) is 7.11. The Kier molecular flexibility index (Phi) is 5.95. The van der Waals surface area contributed by atoms with Crippen LogP contribution in [0.5, 0.6) is 11.5 Å². The first-order valence-electron chi connectivity index (χ1n) is 9.67. The molecule has 0 unspecified atom stereocenters. The van der Waals surface area contributed by atoms with Crippen LogP contribution in [0.4, 0.5) is 5.95 Å². The zero-order valence-corrected chi connectivity index (χ0v) is 17.3. The average molecular weight is 400 g/mol. The average Bonchev–Trinajstić information content (AvgIpc) is 2.66. The number of benzene rings is 1. The van der Waals surface area contributed by atoms with Crippen LogP contribution < -0.4 is 9.64 Å².